The molecule has 0 spiro atoms. The summed E-state index contributed by atoms with van der Waals surface area (Å²) in [5.41, 5.74) is 5.04. The van der Waals surface area contributed by atoms with E-state index in [1.807, 2.05) is 0 Å². The number of hydrogen-bond donors (Lipinski definition) is 0. The third-order valence-corrected chi connectivity index (χ3v) is 7.61. The molecule has 0 aromatic heterocycles. The van der Waals surface area contributed by atoms with Crippen molar-refractivity contribution in [2.24, 2.45) is 0 Å². The normalized spacial score (nSPS) is 11.5. The highest BCUT2D eigenvalue weighted by Gasteiger charge is 2.19. The van der Waals surface area contributed by atoms with E-state index in [9.17, 15) is 0 Å². The van der Waals surface area contributed by atoms with Crippen LogP contribution in [0, 0.1) is 13.8 Å². The van der Waals surface area contributed by atoms with E-state index in [0.29, 0.717) is 0 Å². The Morgan fingerprint density at radius 2 is 0.811 bits per heavy atom. The van der Waals surface area contributed by atoms with E-state index in [2.05, 4.69) is 135 Å². The number of rotatable bonds is 3. The van der Waals surface area contributed by atoms with Gasteiger partial charge in [0.25, 0.3) is 0 Å². The van der Waals surface area contributed by atoms with Gasteiger partial charge in [-0.05, 0) is 69.1 Å². The van der Waals surface area contributed by atoms with Crippen molar-refractivity contribution in [3.63, 3.8) is 0 Å². The lowest BCUT2D eigenvalue weighted by atomic mass is 9.88. The van der Waals surface area contributed by atoms with Crippen LogP contribution in [0.1, 0.15) is 11.1 Å². The highest BCUT2D eigenvalue weighted by Crippen LogP contribution is 2.47. The molecular weight excluding hydrogens is 448 g/mol. The van der Waals surface area contributed by atoms with Gasteiger partial charge < -0.3 is 4.74 Å². The van der Waals surface area contributed by atoms with Crippen LogP contribution in [-0.2, 0) is 0 Å². The Hall–Kier alpha value is -4.62. The van der Waals surface area contributed by atoms with Gasteiger partial charge in [-0.3, -0.25) is 0 Å². The first-order chi connectivity index (χ1) is 18.2. The lowest BCUT2D eigenvalue weighted by Crippen LogP contribution is -1.94. The topological polar surface area (TPSA) is 9.23 Å². The van der Waals surface area contributed by atoms with Crippen molar-refractivity contribution in [3.8, 4) is 22.6 Å². The quantitative estimate of drug-likeness (QED) is 0.231. The fraction of sp³-hybridized carbons (Fsp3) is 0.0556. The van der Waals surface area contributed by atoms with E-state index in [4.69, 9.17) is 4.74 Å². The van der Waals surface area contributed by atoms with Crippen molar-refractivity contribution in [2.45, 2.75) is 13.8 Å². The Labute approximate surface area is 216 Å². The maximum atomic E-state index is 6.87. The average molecular weight is 475 g/mol. The summed E-state index contributed by atoms with van der Waals surface area (Å²) >= 11 is 0. The first kappa shape index (κ1) is 21.6. The van der Waals surface area contributed by atoms with E-state index in [0.717, 1.165) is 27.7 Å². The molecule has 0 atom stereocenters. The average Bonchev–Trinajstić information content (AvgIpc) is 2.95. The van der Waals surface area contributed by atoms with Gasteiger partial charge in [0.1, 0.15) is 11.5 Å². The number of hydrogen-bond acceptors (Lipinski definition) is 1. The van der Waals surface area contributed by atoms with Crippen molar-refractivity contribution in [2.75, 3.05) is 0 Å². The van der Waals surface area contributed by atoms with Crippen molar-refractivity contribution in [1.29, 1.82) is 0 Å². The van der Waals surface area contributed by atoms with Crippen LogP contribution < -0.4 is 4.74 Å². The second-order valence-corrected chi connectivity index (χ2v) is 9.80. The molecule has 1 nitrogen and oxygen atoms in total. The minimum Gasteiger partial charge on any atom is -0.455 e. The van der Waals surface area contributed by atoms with E-state index in [-0.39, 0.29) is 0 Å². The molecular formula is C36H26O. The molecule has 1 heteroatoms. The Bertz CT molecular complexity index is 1920. The number of benzene rings is 7. The third kappa shape index (κ3) is 3.39. The first-order valence-electron chi connectivity index (χ1n) is 12.8. The molecule has 0 fully saturated rings. The zero-order chi connectivity index (χ0) is 24.9. The van der Waals surface area contributed by atoms with E-state index < -0.39 is 0 Å². The minimum absolute atomic E-state index is 0.880. The number of aryl methyl sites for hydroxylation is 2. The van der Waals surface area contributed by atoms with Gasteiger partial charge >= 0.3 is 0 Å². The molecule has 0 heterocycles. The minimum atomic E-state index is 0.880. The Morgan fingerprint density at radius 1 is 0.378 bits per heavy atom. The summed E-state index contributed by atoms with van der Waals surface area (Å²) in [6.45, 7) is 4.34. The molecule has 0 aliphatic rings. The van der Waals surface area contributed by atoms with E-state index in [1.165, 1.54) is 49.2 Å². The first-order valence-corrected chi connectivity index (χ1v) is 12.8. The zero-order valence-corrected chi connectivity index (χ0v) is 21.0. The van der Waals surface area contributed by atoms with Gasteiger partial charge in [0.15, 0.2) is 0 Å². The zero-order valence-electron chi connectivity index (χ0n) is 21.0. The lowest BCUT2D eigenvalue weighted by Gasteiger charge is -2.20. The summed E-state index contributed by atoms with van der Waals surface area (Å²) in [7, 11) is 0. The highest BCUT2D eigenvalue weighted by atomic mass is 16.5. The lowest BCUT2D eigenvalue weighted by molar-refractivity contribution is 0.499. The maximum absolute atomic E-state index is 6.87. The Kier molecular flexibility index (Phi) is 4.97. The summed E-state index contributed by atoms with van der Waals surface area (Å²) in [4.78, 5) is 0. The molecule has 0 unspecified atom stereocenters. The van der Waals surface area contributed by atoms with Gasteiger partial charge in [0.05, 0.1) is 0 Å². The van der Waals surface area contributed by atoms with Gasteiger partial charge in [-0.25, -0.2) is 0 Å². The fourth-order valence-electron chi connectivity index (χ4n) is 5.78. The SMILES string of the molecule is Cc1ccc(Oc2c3ccccc3c(-c3ccc(C)c4ccccc34)c3ccccc23)c2ccccc12. The van der Waals surface area contributed by atoms with Crippen molar-refractivity contribution < 1.29 is 4.74 Å². The van der Waals surface area contributed by atoms with E-state index in [1.54, 1.807) is 0 Å². The fourth-order valence-corrected chi connectivity index (χ4v) is 5.78. The molecule has 0 aliphatic carbocycles. The predicted molar refractivity (Wildman–Crippen MR) is 158 cm³/mol. The maximum Gasteiger partial charge on any atom is 0.143 e. The second-order valence-electron chi connectivity index (χ2n) is 9.80. The Morgan fingerprint density at radius 3 is 1.41 bits per heavy atom. The third-order valence-electron chi connectivity index (χ3n) is 7.61. The van der Waals surface area contributed by atoms with Gasteiger partial charge in [-0.2, -0.15) is 0 Å². The molecule has 0 saturated heterocycles. The van der Waals surface area contributed by atoms with Gasteiger partial charge in [0, 0.05) is 16.2 Å². The largest absolute Gasteiger partial charge is 0.455 e. The highest BCUT2D eigenvalue weighted by molar-refractivity contribution is 6.20. The van der Waals surface area contributed by atoms with Crippen LogP contribution >= 0.6 is 0 Å². The smallest absolute Gasteiger partial charge is 0.143 e. The summed E-state index contributed by atoms with van der Waals surface area (Å²) in [6.07, 6.45) is 0. The van der Waals surface area contributed by atoms with Crippen LogP contribution in [0.2, 0.25) is 0 Å². The van der Waals surface area contributed by atoms with Gasteiger partial charge in [0.2, 0.25) is 0 Å². The summed E-state index contributed by atoms with van der Waals surface area (Å²) in [5, 5.41) is 9.54. The number of fused-ring (bicyclic) bond motifs is 4. The standard InChI is InChI=1S/C36H26O/c1-23-19-21-31(27-13-5-3-11-25(23)27)35-29-15-7-9-17-32(29)36(33-18-10-8-16-30(33)35)37-34-22-20-24(2)26-12-4-6-14-28(26)34/h3-22H,1-2H3. The van der Waals surface area contributed by atoms with Crippen LogP contribution in [0.3, 0.4) is 0 Å². The van der Waals surface area contributed by atoms with Gasteiger partial charge in [-0.15, -0.1) is 0 Å². The molecule has 0 aliphatic heterocycles. The predicted octanol–water partition coefficient (Wildman–Crippen LogP) is 10.4. The van der Waals surface area contributed by atoms with Crippen LogP contribution in [0.25, 0.3) is 54.2 Å². The molecule has 0 bridgehead atoms. The molecule has 7 aromatic carbocycles. The van der Waals surface area contributed by atoms with Gasteiger partial charge in [-0.1, -0.05) is 115 Å². The molecule has 176 valence electrons. The Balaban J connectivity index is 1.57. The molecule has 0 N–H and O–H groups in total. The van der Waals surface area contributed by atoms with Crippen molar-refractivity contribution in [3.05, 3.63) is 132 Å². The van der Waals surface area contributed by atoms with Crippen LogP contribution in [-0.4, -0.2) is 0 Å². The monoisotopic (exact) mass is 474 g/mol. The molecule has 7 rings (SSSR count). The van der Waals surface area contributed by atoms with E-state index >= 15 is 0 Å². The molecule has 0 radical (unpaired) electrons. The molecule has 7 aromatic rings. The summed E-state index contributed by atoms with van der Waals surface area (Å²) in [6, 6.07) is 43.3. The summed E-state index contributed by atoms with van der Waals surface area (Å²) < 4.78 is 6.87. The van der Waals surface area contributed by atoms with Crippen LogP contribution in [0.15, 0.2) is 121 Å². The molecule has 0 saturated carbocycles. The van der Waals surface area contributed by atoms with Crippen molar-refractivity contribution >= 4 is 43.1 Å². The van der Waals surface area contributed by atoms with Crippen LogP contribution in [0.4, 0.5) is 0 Å². The summed E-state index contributed by atoms with van der Waals surface area (Å²) in [5.74, 6) is 1.78. The molecule has 37 heavy (non-hydrogen) atoms. The molecule has 0 amide bonds. The second kappa shape index (κ2) is 8.50. The van der Waals surface area contributed by atoms with Crippen molar-refractivity contribution in [1.82, 2.24) is 0 Å². The van der Waals surface area contributed by atoms with Crippen LogP contribution in [0.5, 0.6) is 11.5 Å². The number of ether oxygens (including phenoxy) is 1.